The van der Waals surface area contributed by atoms with Crippen LogP contribution in [0.25, 0.3) is 10.8 Å². The van der Waals surface area contributed by atoms with E-state index in [1.165, 1.54) is 13.2 Å². The Hall–Kier alpha value is -2.94. The van der Waals surface area contributed by atoms with Crippen LogP contribution in [0.3, 0.4) is 0 Å². The Morgan fingerprint density at radius 2 is 1.79 bits per heavy atom. The predicted octanol–water partition coefficient (Wildman–Crippen LogP) is 1.17. The molecule has 2 aromatic rings. The fourth-order valence-electron chi connectivity index (χ4n) is 2.55. The molecule has 0 heterocycles. The third kappa shape index (κ3) is 7.53. The molecule has 0 aromatic heterocycles. The Labute approximate surface area is 175 Å². The first-order chi connectivity index (χ1) is 13.3. The third-order valence-corrected chi connectivity index (χ3v) is 5.30. The van der Waals surface area contributed by atoms with Gasteiger partial charge in [0.05, 0.1) is 12.0 Å². The summed E-state index contributed by atoms with van der Waals surface area (Å²) in [5.74, 6) is -0.727. The van der Waals surface area contributed by atoms with E-state index in [9.17, 15) is 13.2 Å². The van der Waals surface area contributed by atoms with E-state index in [0.29, 0.717) is 11.8 Å². The Morgan fingerprint density at radius 1 is 1.17 bits per heavy atom. The van der Waals surface area contributed by atoms with Gasteiger partial charge in [-0.1, -0.05) is 36.4 Å². The number of esters is 1. The molecule has 158 valence electrons. The smallest absolute Gasteiger partial charge is 0.323 e. The van der Waals surface area contributed by atoms with Gasteiger partial charge in [-0.05, 0) is 24.3 Å². The van der Waals surface area contributed by atoms with Gasteiger partial charge in [0.25, 0.3) is 0 Å². The van der Waals surface area contributed by atoms with Crippen molar-refractivity contribution in [1.82, 2.24) is 4.72 Å². The number of nitrogens with two attached hydrogens (primary N) is 2. The molecule has 10 nitrogen and oxygen atoms in total. The minimum absolute atomic E-state index is 0. The second-order valence-electron chi connectivity index (χ2n) is 5.62. The maximum atomic E-state index is 12.8. The highest BCUT2D eigenvalue weighted by Crippen LogP contribution is 2.23. The monoisotopic (exact) mass is 442 g/mol. The minimum Gasteiger partial charge on any atom is -0.468 e. The number of rotatable bonds is 8. The minimum atomic E-state index is -3.93. The Kier molecular flexibility index (Phi) is 11.2. The number of halogens is 1. The quantitative estimate of drug-likeness (QED) is 0.178. The number of nitrogens with zero attached hydrogens (tertiary/aromatic N) is 3. The summed E-state index contributed by atoms with van der Waals surface area (Å²) in [7, 11) is -2.72. The molecule has 0 bridgehead atoms. The van der Waals surface area contributed by atoms with Crippen LogP contribution >= 0.6 is 12.4 Å². The van der Waals surface area contributed by atoms with Crippen molar-refractivity contribution >= 4 is 45.1 Å². The molecular weight excluding hydrogens is 420 g/mol. The van der Waals surface area contributed by atoms with Crippen LogP contribution in [0.4, 0.5) is 0 Å². The fraction of sp³-hybridized carbons (Fsp3) is 0.294. The zero-order valence-electron chi connectivity index (χ0n) is 15.7. The highest BCUT2D eigenvalue weighted by atomic mass is 35.5. The van der Waals surface area contributed by atoms with Crippen molar-refractivity contribution in [2.24, 2.45) is 16.5 Å². The zero-order valence-corrected chi connectivity index (χ0v) is 17.3. The second-order valence-corrected chi connectivity index (χ2v) is 7.31. The van der Waals surface area contributed by atoms with Crippen molar-refractivity contribution in [2.75, 3.05) is 13.7 Å². The zero-order chi connectivity index (χ0) is 21.2. The largest absolute Gasteiger partial charge is 0.468 e. The maximum absolute atomic E-state index is 12.8. The van der Waals surface area contributed by atoms with E-state index in [0.717, 1.165) is 5.39 Å². The average molecular weight is 443 g/mol. The summed E-state index contributed by atoms with van der Waals surface area (Å²) in [4.78, 5) is 15.9. The summed E-state index contributed by atoms with van der Waals surface area (Å²) < 4.78 is 32.8. The molecule has 0 radical (unpaired) electrons. The molecule has 12 heteroatoms. The molecule has 5 N–H and O–H groups in total. The van der Waals surface area contributed by atoms with E-state index in [-0.39, 0.29) is 36.2 Å². The van der Waals surface area contributed by atoms with Crippen molar-refractivity contribution in [3.63, 3.8) is 0 Å². The number of hydrogen-bond donors (Lipinski definition) is 3. The van der Waals surface area contributed by atoms with E-state index in [4.69, 9.17) is 27.0 Å². The van der Waals surface area contributed by atoms with Crippen LogP contribution in [0.2, 0.25) is 0 Å². The van der Waals surface area contributed by atoms with Crippen molar-refractivity contribution in [3.05, 3.63) is 42.5 Å². The topological polar surface area (TPSA) is 184 Å². The lowest BCUT2D eigenvalue weighted by Crippen LogP contribution is -2.41. The van der Waals surface area contributed by atoms with Gasteiger partial charge in [-0.2, -0.15) is 4.72 Å². The van der Waals surface area contributed by atoms with Crippen molar-refractivity contribution in [3.8, 4) is 0 Å². The summed E-state index contributed by atoms with van der Waals surface area (Å²) in [6.07, 6.45) is 0.614. The first-order valence-corrected chi connectivity index (χ1v) is 9.67. The number of hydrogen-bond acceptors (Lipinski definition) is 7. The fourth-order valence-corrected chi connectivity index (χ4v) is 4.00. The number of fused-ring (bicyclic) bond motifs is 1. The number of aliphatic imine (C=N–C) groups is 1. The van der Waals surface area contributed by atoms with Crippen LogP contribution in [0, 0.1) is 10.8 Å². The SMILES string of the molecule is COC(=O)[C@H](CCCN=C(N)N)NS(=O)(=O)c1cccc2ccccc12.Cl.N#N. The molecule has 0 unspecified atom stereocenters. The van der Waals surface area contributed by atoms with Gasteiger partial charge in [0.2, 0.25) is 10.0 Å². The van der Waals surface area contributed by atoms with Crippen LogP contribution in [0.1, 0.15) is 12.8 Å². The summed E-state index contributed by atoms with van der Waals surface area (Å²) in [6, 6.07) is 11.1. The van der Waals surface area contributed by atoms with Crippen molar-refractivity contribution in [1.29, 1.82) is 10.8 Å². The van der Waals surface area contributed by atoms with E-state index in [2.05, 4.69) is 9.71 Å². The van der Waals surface area contributed by atoms with Crippen LogP contribution in [0.15, 0.2) is 52.4 Å². The van der Waals surface area contributed by atoms with E-state index < -0.39 is 22.0 Å². The van der Waals surface area contributed by atoms with E-state index >= 15 is 0 Å². The number of carbonyl (C=O) groups excluding carboxylic acids is 1. The van der Waals surface area contributed by atoms with Gasteiger partial charge in [-0.25, -0.2) is 8.42 Å². The lowest BCUT2D eigenvalue weighted by molar-refractivity contribution is -0.142. The van der Waals surface area contributed by atoms with Crippen LogP contribution in [-0.4, -0.2) is 40.0 Å². The molecule has 0 aliphatic rings. The molecule has 29 heavy (non-hydrogen) atoms. The highest BCUT2D eigenvalue weighted by molar-refractivity contribution is 7.89. The molecule has 0 aliphatic heterocycles. The van der Waals surface area contributed by atoms with Gasteiger partial charge in [0.15, 0.2) is 5.96 Å². The van der Waals surface area contributed by atoms with Crippen LogP contribution in [0.5, 0.6) is 0 Å². The number of methoxy groups -OCH3 is 1. The number of benzene rings is 2. The first-order valence-electron chi connectivity index (χ1n) is 8.18. The van der Waals surface area contributed by atoms with Crippen molar-refractivity contribution < 1.29 is 17.9 Å². The summed E-state index contributed by atoms with van der Waals surface area (Å²) in [6.45, 7) is 0.284. The van der Waals surface area contributed by atoms with Gasteiger partial charge in [0, 0.05) is 22.7 Å². The lowest BCUT2D eigenvalue weighted by Gasteiger charge is -2.17. The normalized spacial score (nSPS) is 11.3. The summed E-state index contributed by atoms with van der Waals surface area (Å²) >= 11 is 0. The molecular formula is C17H23ClN6O4S. The Balaban J connectivity index is 0.00000253. The number of nitrogens with one attached hydrogen (secondary N) is 1. The molecule has 0 saturated heterocycles. The molecule has 0 fully saturated rings. The number of sulfonamides is 1. The lowest BCUT2D eigenvalue weighted by atomic mass is 10.1. The maximum Gasteiger partial charge on any atom is 0.323 e. The molecule has 0 spiro atoms. The Bertz CT molecular complexity index is 955. The van der Waals surface area contributed by atoms with E-state index in [1.54, 1.807) is 18.2 Å². The number of ether oxygens (including phenoxy) is 1. The first kappa shape index (κ1) is 26.1. The summed E-state index contributed by atoms with van der Waals surface area (Å²) in [5, 5.41) is 13.4. The number of guanidine groups is 1. The van der Waals surface area contributed by atoms with Gasteiger partial charge in [-0.3, -0.25) is 9.79 Å². The molecule has 0 saturated carbocycles. The van der Waals surface area contributed by atoms with Gasteiger partial charge in [0.1, 0.15) is 6.04 Å². The average Bonchev–Trinajstić information content (AvgIpc) is 2.70. The van der Waals surface area contributed by atoms with Gasteiger partial charge < -0.3 is 16.2 Å². The van der Waals surface area contributed by atoms with Crippen LogP contribution < -0.4 is 16.2 Å². The second kappa shape index (κ2) is 12.5. The summed E-state index contributed by atoms with van der Waals surface area (Å²) in [5.41, 5.74) is 10.5. The molecule has 0 amide bonds. The predicted molar refractivity (Wildman–Crippen MR) is 111 cm³/mol. The molecule has 0 aliphatic carbocycles. The molecule has 2 aromatic carbocycles. The Morgan fingerprint density at radius 3 is 2.41 bits per heavy atom. The number of carbonyl (C=O) groups is 1. The van der Waals surface area contributed by atoms with Crippen molar-refractivity contribution in [2.45, 2.75) is 23.8 Å². The van der Waals surface area contributed by atoms with Crippen LogP contribution in [-0.2, 0) is 19.6 Å². The molecule has 2 rings (SSSR count). The van der Waals surface area contributed by atoms with Gasteiger partial charge in [-0.15, -0.1) is 12.4 Å². The van der Waals surface area contributed by atoms with Gasteiger partial charge >= 0.3 is 5.97 Å². The standard InChI is InChI=1S/C17H22N4O4S.ClH.N2/c1-25-16(22)14(9-5-11-20-17(18)19)21-26(23,24)15-10-4-7-12-6-2-3-8-13(12)15;;1-2/h2-4,6-8,10,14,21H,5,9,11H2,1H3,(H4,18,19,20);1H;/t14-;;/m0../s1. The molecule has 1 atom stereocenters. The highest BCUT2D eigenvalue weighted by Gasteiger charge is 2.27. The third-order valence-electron chi connectivity index (χ3n) is 3.77. The van der Waals surface area contributed by atoms with E-state index in [1.807, 2.05) is 18.2 Å².